The first kappa shape index (κ1) is 15.5. The fraction of sp³-hybridized carbons (Fsp3) is 0.211. The molecule has 1 saturated heterocycles. The Morgan fingerprint density at radius 2 is 1.75 bits per heavy atom. The number of anilines is 2. The molecule has 1 amide bonds. The van der Waals surface area contributed by atoms with Crippen LogP contribution in [-0.4, -0.2) is 19.0 Å². The molecule has 0 unspecified atom stereocenters. The van der Waals surface area contributed by atoms with Crippen LogP contribution in [-0.2, 0) is 0 Å². The highest BCUT2D eigenvalue weighted by Gasteiger charge is 2.17. The minimum Gasteiger partial charge on any atom is -0.372 e. The molecular weight excluding hydrogens is 340 g/mol. The fourth-order valence-corrected chi connectivity index (χ4v) is 4.49. The molecule has 0 atom stereocenters. The Hall–Kier alpha value is -2.04. The number of rotatable bonds is 3. The van der Waals surface area contributed by atoms with Crippen LogP contribution in [0.15, 0.2) is 48.5 Å². The molecule has 3 nitrogen and oxygen atoms in total. The van der Waals surface area contributed by atoms with Gasteiger partial charge in [0.1, 0.15) is 4.88 Å². The van der Waals surface area contributed by atoms with Gasteiger partial charge in [0.2, 0.25) is 0 Å². The van der Waals surface area contributed by atoms with Crippen LogP contribution in [0.5, 0.6) is 0 Å². The van der Waals surface area contributed by atoms with Crippen LogP contribution in [0.3, 0.4) is 0 Å². The molecule has 0 radical (unpaired) electrons. The predicted octanol–water partition coefficient (Wildman–Crippen LogP) is 5.41. The molecule has 1 fully saturated rings. The van der Waals surface area contributed by atoms with Gasteiger partial charge in [-0.15, -0.1) is 11.3 Å². The van der Waals surface area contributed by atoms with Gasteiger partial charge in [-0.05, 0) is 43.2 Å². The lowest BCUT2D eigenvalue weighted by Crippen LogP contribution is -2.17. The summed E-state index contributed by atoms with van der Waals surface area (Å²) in [6.07, 6.45) is 2.51. The molecule has 0 aliphatic carbocycles. The predicted molar refractivity (Wildman–Crippen MR) is 103 cm³/mol. The van der Waals surface area contributed by atoms with E-state index in [1.807, 2.05) is 36.4 Å². The van der Waals surface area contributed by atoms with Crippen molar-refractivity contribution in [1.29, 1.82) is 0 Å². The van der Waals surface area contributed by atoms with Gasteiger partial charge in [-0.2, -0.15) is 0 Å². The van der Waals surface area contributed by atoms with E-state index in [0.29, 0.717) is 9.90 Å². The molecule has 1 N–H and O–H groups in total. The van der Waals surface area contributed by atoms with Crippen molar-refractivity contribution in [2.75, 3.05) is 23.3 Å². The maximum absolute atomic E-state index is 12.6. The van der Waals surface area contributed by atoms with E-state index in [0.717, 1.165) is 28.9 Å². The van der Waals surface area contributed by atoms with Crippen LogP contribution >= 0.6 is 22.9 Å². The molecule has 1 aliphatic heterocycles. The first-order valence-electron chi connectivity index (χ1n) is 8.06. The van der Waals surface area contributed by atoms with E-state index in [2.05, 4.69) is 22.3 Å². The monoisotopic (exact) mass is 356 g/mol. The molecule has 0 saturated carbocycles. The second-order valence-electron chi connectivity index (χ2n) is 5.94. The summed E-state index contributed by atoms with van der Waals surface area (Å²) in [6.45, 7) is 2.23. The SMILES string of the molecule is O=C(Nc1ccc(N2CCCC2)cc1)c1sc2ccccc2c1Cl. The highest BCUT2D eigenvalue weighted by molar-refractivity contribution is 7.21. The molecule has 1 aliphatic rings. The third-order valence-electron chi connectivity index (χ3n) is 4.34. The van der Waals surface area contributed by atoms with Crippen LogP contribution in [0, 0.1) is 0 Å². The number of hydrogen-bond donors (Lipinski definition) is 1. The number of nitrogens with one attached hydrogen (secondary N) is 1. The zero-order chi connectivity index (χ0) is 16.5. The van der Waals surface area contributed by atoms with Crippen LogP contribution < -0.4 is 10.2 Å². The average Bonchev–Trinajstić information content (AvgIpc) is 3.24. The third-order valence-corrected chi connectivity index (χ3v) is 6.01. The van der Waals surface area contributed by atoms with Crippen LogP contribution in [0.1, 0.15) is 22.5 Å². The molecule has 3 aromatic rings. The minimum atomic E-state index is -0.157. The first-order chi connectivity index (χ1) is 11.7. The Kier molecular flexibility index (Phi) is 4.17. The normalized spacial score (nSPS) is 14.3. The van der Waals surface area contributed by atoms with Crippen LogP contribution in [0.2, 0.25) is 5.02 Å². The summed E-state index contributed by atoms with van der Waals surface area (Å²) in [5, 5.41) is 4.41. The number of carbonyl (C=O) groups is 1. The van der Waals surface area contributed by atoms with Gasteiger partial charge in [0.25, 0.3) is 5.91 Å². The van der Waals surface area contributed by atoms with Gasteiger partial charge in [-0.25, -0.2) is 0 Å². The van der Waals surface area contributed by atoms with E-state index in [4.69, 9.17) is 11.6 Å². The van der Waals surface area contributed by atoms with Crippen molar-refractivity contribution in [2.24, 2.45) is 0 Å². The maximum atomic E-state index is 12.6. The molecule has 24 heavy (non-hydrogen) atoms. The lowest BCUT2D eigenvalue weighted by Gasteiger charge is -2.17. The Morgan fingerprint density at radius 1 is 1.04 bits per heavy atom. The molecule has 4 rings (SSSR count). The Balaban J connectivity index is 1.53. The highest BCUT2D eigenvalue weighted by Crippen LogP contribution is 2.35. The third kappa shape index (κ3) is 2.87. The van der Waals surface area contributed by atoms with Gasteiger partial charge in [0.05, 0.1) is 5.02 Å². The molecule has 2 heterocycles. The van der Waals surface area contributed by atoms with Crippen molar-refractivity contribution in [3.05, 3.63) is 58.4 Å². The Morgan fingerprint density at radius 3 is 2.46 bits per heavy atom. The second kappa shape index (κ2) is 6.46. The maximum Gasteiger partial charge on any atom is 0.267 e. The number of nitrogens with zero attached hydrogens (tertiary/aromatic N) is 1. The summed E-state index contributed by atoms with van der Waals surface area (Å²) in [6, 6.07) is 15.8. The van der Waals surface area contributed by atoms with Gasteiger partial charge < -0.3 is 10.2 Å². The molecule has 1 aromatic heterocycles. The number of hydrogen-bond acceptors (Lipinski definition) is 3. The van der Waals surface area contributed by atoms with E-state index < -0.39 is 0 Å². The zero-order valence-corrected chi connectivity index (χ0v) is 14.7. The summed E-state index contributed by atoms with van der Waals surface area (Å²) in [5.41, 5.74) is 2.00. The van der Waals surface area contributed by atoms with Gasteiger partial charge in [0.15, 0.2) is 0 Å². The molecule has 0 spiro atoms. The Labute approximate surface area is 149 Å². The van der Waals surface area contributed by atoms with Gasteiger partial charge in [-0.3, -0.25) is 4.79 Å². The summed E-state index contributed by atoms with van der Waals surface area (Å²) in [4.78, 5) is 15.5. The number of amides is 1. The highest BCUT2D eigenvalue weighted by atomic mass is 35.5. The van der Waals surface area contributed by atoms with Crippen molar-refractivity contribution in [1.82, 2.24) is 0 Å². The van der Waals surface area contributed by atoms with Crippen molar-refractivity contribution in [2.45, 2.75) is 12.8 Å². The number of thiophene rings is 1. The number of fused-ring (bicyclic) bond motifs is 1. The first-order valence-corrected chi connectivity index (χ1v) is 9.25. The van der Waals surface area contributed by atoms with Crippen molar-refractivity contribution in [3.8, 4) is 0 Å². The zero-order valence-electron chi connectivity index (χ0n) is 13.1. The van der Waals surface area contributed by atoms with E-state index in [-0.39, 0.29) is 5.91 Å². The topological polar surface area (TPSA) is 32.3 Å². The van der Waals surface area contributed by atoms with E-state index >= 15 is 0 Å². The lowest BCUT2D eigenvalue weighted by molar-refractivity contribution is 0.103. The largest absolute Gasteiger partial charge is 0.372 e. The van der Waals surface area contributed by atoms with Crippen LogP contribution in [0.25, 0.3) is 10.1 Å². The summed E-state index contributed by atoms with van der Waals surface area (Å²) >= 11 is 7.80. The molecule has 0 bridgehead atoms. The van der Waals surface area contributed by atoms with Crippen molar-refractivity contribution < 1.29 is 4.79 Å². The quantitative estimate of drug-likeness (QED) is 0.680. The molecule has 122 valence electrons. The molecule has 5 heteroatoms. The standard InChI is InChI=1S/C19H17ClN2OS/c20-17-15-5-1-2-6-16(15)24-18(17)19(23)21-13-7-9-14(10-8-13)22-11-3-4-12-22/h1-2,5-10H,3-4,11-12H2,(H,21,23). The van der Waals surface area contributed by atoms with Crippen molar-refractivity contribution in [3.63, 3.8) is 0 Å². The van der Waals surface area contributed by atoms with Gasteiger partial charge in [0, 0.05) is 34.6 Å². The summed E-state index contributed by atoms with van der Waals surface area (Å²) in [5.74, 6) is -0.157. The molecule has 2 aromatic carbocycles. The van der Waals surface area contributed by atoms with E-state index in [1.54, 1.807) is 0 Å². The fourth-order valence-electron chi connectivity index (χ4n) is 3.08. The lowest BCUT2D eigenvalue weighted by atomic mass is 10.2. The van der Waals surface area contributed by atoms with Gasteiger partial charge >= 0.3 is 0 Å². The van der Waals surface area contributed by atoms with E-state index in [9.17, 15) is 4.79 Å². The second-order valence-corrected chi connectivity index (χ2v) is 7.37. The van der Waals surface area contributed by atoms with Crippen LogP contribution in [0.4, 0.5) is 11.4 Å². The number of benzene rings is 2. The number of carbonyl (C=O) groups excluding carboxylic acids is 1. The minimum absolute atomic E-state index is 0.157. The number of halogens is 1. The smallest absolute Gasteiger partial charge is 0.267 e. The summed E-state index contributed by atoms with van der Waals surface area (Å²) < 4.78 is 1.03. The average molecular weight is 357 g/mol. The van der Waals surface area contributed by atoms with Gasteiger partial charge in [-0.1, -0.05) is 29.8 Å². The Bertz CT molecular complexity index is 882. The molecular formula is C19H17ClN2OS. The van der Waals surface area contributed by atoms with E-state index in [1.165, 1.54) is 29.9 Å². The summed E-state index contributed by atoms with van der Waals surface area (Å²) in [7, 11) is 0. The van der Waals surface area contributed by atoms with Crippen molar-refractivity contribution >= 4 is 50.3 Å².